The van der Waals surface area contributed by atoms with Crippen LogP contribution in [-0.2, 0) is 71.4 Å². The van der Waals surface area contributed by atoms with Gasteiger partial charge in [-0.1, -0.05) is 12.1 Å². The van der Waals surface area contributed by atoms with Gasteiger partial charge in [-0.3, -0.25) is 24.0 Å². The molecule has 270 valence electrons. The molecule has 0 aliphatic carbocycles. The number of esters is 6. The van der Waals surface area contributed by atoms with Gasteiger partial charge in [0.25, 0.3) is 0 Å². The molecule has 2 heterocycles. The number of aliphatic hydroxyl groups is 2. The van der Waals surface area contributed by atoms with E-state index in [4.69, 9.17) is 42.6 Å². The number of benzene rings is 1. The SMILES string of the molecule is CC(=O)OC[C@H]1O[C@@](COC(C)=O)(O[C@H]2O[C@H](COC(C)=O)[C@@H](O)[C@H](OC(C)=O)[C@H]2OC(C)=O)[C@@H](OC(=O)/C=C/c2ccc(O)cc2)[C@@H]1O. The molecule has 2 saturated heterocycles. The maximum absolute atomic E-state index is 13.1. The number of aromatic hydroxyl groups is 1. The van der Waals surface area contributed by atoms with Crippen LogP contribution >= 0.6 is 0 Å². The van der Waals surface area contributed by atoms with Crippen LogP contribution in [0.4, 0.5) is 0 Å². The summed E-state index contributed by atoms with van der Waals surface area (Å²) in [6.07, 6.45) is -11.6. The zero-order chi connectivity index (χ0) is 36.5. The molecule has 0 bridgehead atoms. The van der Waals surface area contributed by atoms with Gasteiger partial charge in [-0.05, 0) is 23.8 Å². The Morgan fingerprint density at radius 3 is 1.84 bits per heavy atom. The molecule has 2 fully saturated rings. The fraction of sp³-hybridized carbons (Fsp3) is 0.548. The Hall–Kier alpha value is -4.62. The third kappa shape index (κ3) is 10.9. The van der Waals surface area contributed by atoms with Crippen molar-refractivity contribution in [1.29, 1.82) is 0 Å². The minimum absolute atomic E-state index is 0.0206. The lowest BCUT2D eigenvalue weighted by atomic mass is 9.98. The molecular formula is C31H38O18. The molecule has 1 aromatic carbocycles. The minimum atomic E-state index is -2.52. The summed E-state index contributed by atoms with van der Waals surface area (Å²) in [7, 11) is 0. The quantitative estimate of drug-likeness (QED) is 0.133. The summed E-state index contributed by atoms with van der Waals surface area (Å²) in [4.78, 5) is 72.5. The van der Waals surface area contributed by atoms with Gasteiger partial charge >= 0.3 is 35.8 Å². The second-order valence-corrected chi connectivity index (χ2v) is 10.9. The first kappa shape index (κ1) is 38.8. The second kappa shape index (κ2) is 17.2. The Labute approximate surface area is 279 Å². The number of phenolic OH excluding ortho intramolecular Hbond substituents is 1. The van der Waals surface area contributed by atoms with E-state index in [1.165, 1.54) is 30.3 Å². The predicted octanol–water partition coefficient (Wildman–Crippen LogP) is -0.572. The number of aliphatic hydroxyl groups excluding tert-OH is 2. The van der Waals surface area contributed by atoms with Crippen LogP contribution in [0.1, 0.15) is 40.2 Å². The fourth-order valence-electron chi connectivity index (χ4n) is 4.86. The van der Waals surface area contributed by atoms with Gasteiger partial charge < -0.3 is 58.0 Å². The highest BCUT2D eigenvalue weighted by molar-refractivity contribution is 5.87. The van der Waals surface area contributed by atoms with Crippen molar-refractivity contribution in [3.05, 3.63) is 35.9 Å². The van der Waals surface area contributed by atoms with Crippen LogP contribution in [0.15, 0.2) is 30.3 Å². The van der Waals surface area contributed by atoms with E-state index in [1.807, 2.05) is 0 Å². The summed E-state index contributed by atoms with van der Waals surface area (Å²) in [6, 6.07) is 5.72. The zero-order valence-electron chi connectivity index (χ0n) is 27.2. The van der Waals surface area contributed by atoms with E-state index in [2.05, 4.69) is 0 Å². The lowest BCUT2D eigenvalue weighted by molar-refractivity contribution is -0.384. The maximum atomic E-state index is 13.1. The summed E-state index contributed by atoms with van der Waals surface area (Å²) in [5, 5.41) is 31.8. The molecule has 1 aromatic rings. The van der Waals surface area contributed by atoms with Gasteiger partial charge in [-0.25, -0.2) is 4.79 Å². The molecule has 0 amide bonds. The highest BCUT2D eigenvalue weighted by Crippen LogP contribution is 2.40. The molecular weight excluding hydrogens is 660 g/mol. The zero-order valence-corrected chi connectivity index (χ0v) is 27.2. The van der Waals surface area contributed by atoms with Crippen LogP contribution in [0.2, 0.25) is 0 Å². The van der Waals surface area contributed by atoms with Crippen molar-refractivity contribution in [1.82, 2.24) is 0 Å². The summed E-state index contributed by atoms with van der Waals surface area (Å²) in [6.45, 7) is 3.04. The van der Waals surface area contributed by atoms with Crippen molar-refractivity contribution >= 4 is 41.9 Å². The van der Waals surface area contributed by atoms with Gasteiger partial charge in [-0.2, -0.15) is 0 Å². The van der Waals surface area contributed by atoms with Crippen molar-refractivity contribution in [2.24, 2.45) is 0 Å². The molecule has 9 atom stereocenters. The smallest absolute Gasteiger partial charge is 0.331 e. The Bertz CT molecular complexity index is 1390. The lowest BCUT2D eigenvalue weighted by Gasteiger charge is -2.45. The number of ether oxygens (including phenoxy) is 9. The second-order valence-electron chi connectivity index (χ2n) is 10.9. The van der Waals surface area contributed by atoms with E-state index in [1.54, 1.807) is 0 Å². The Balaban J connectivity index is 2.09. The summed E-state index contributed by atoms with van der Waals surface area (Å²) in [5.74, 6) is -7.92. The molecule has 0 saturated carbocycles. The van der Waals surface area contributed by atoms with Crippen molar-refractivity contribution < 1.29 is 86.7 Å². The van der Waals surface area contributed by atoms with E-state index in [-0.39, 0.29) is 5.75 Å². The molecule has 2 aliphatic rings. The van der Waals surface area contributed by atoms with Gasteiger partial charge in [-0.15, -0.1) is 0 Å². The fourth-order valence-corrected chi connectivity index (χ4v) is 4.86. The van der Waals surface area contributed by atoms with Gasteiger partial charge in [0.2, 0.25) is 12.1 Å². The third-order valence-corrected chi connectivity index (χ3v) is 6.94. The number of phenols is 1. The molecule has 0 aromatic heterocycles. The number of carbonyl (C=O) groups is 6. The topological polar surface area (TPSA) is 246 Å². The highest BCUT2D eigenvalue weighted by Gasteiger charge is 2.63. The third-order valence-electron chi connectivity index (χ3n) is 6.94. The van der Waals surface area contributed by atoms with E-state index in [9.17, 15) is 44.1 Å². The van der Waals surface area contributed by atoms with Gasteiger partial charge in [0.05, 0.1) is 0 Å². The normalized spacial score (nSPS) is 29.4. The van der Waals surface area contributed by atoms with Crippen molar-refractivity contribution in [3.8, 4) is 5.75 Å². The summed E-state index contributed by atoms with van der Waals surface area (Å²) >= 11 is 0. The molecule has 49 heavy (non-hydrogen) atoms. The first-order valence-corrected chi connectivity index (χ1v) is 14.8. The number of hydrogen-bond acceptors (Lipinski definition) is 18. The predicted molar refractivity (Wildman–Crippen MR) is 157 cm³/mol. The van der Waals surface area contributed by atoms with E-state index >= 15 is 0 Å². The molecule has 2 aliphatic heterocycles. The molecule has 3 N–H and O–H groups in total. The van der Waals surface area contributed by atoms with Crippen LogP contribution < -0.4 is 0 Å². The average Bonchev–Trinajstić information content (AvgIpc) is 3.26. The molecule has 3 rings (SSSR count). The van der Waals surface area contributed by atoms with E-state index in [0.29, 0.717) is 5.56 Å². The molecule has 18 nitrogen and oxygen atoms in total. The molecule has 0 spiro atoms. The van der Waals surface area contributed by atoms with Crippen LogP contribution in [0, 0.1) is 0 Å². The van der Waals surface area contributed by atoms with E-state index in [0.717, 1.165) is 40.7 Å². The number of rotatable bonds is 13. The van der Waals surface area contributed by atoms with Gasteiger partial charge in [0.15, 0.2) is 18.3 Å². The monoisotopic (exact) mass is 698 g/mol. The highest BCUT2D eigenvalue weighted by atomic mass is 16.8. The number of hydrogen-bond donors (Lipinski definition) is 3. The van der Waals surface area contributed by atoms with Crippen molar-refractivity contribution in [2.45, 2.75) is 89.4 Å². The van der Waals surface area contributed by atoms with Crippen LogP contribution in [0.25, 0.3) is 6.08 Å². The minimum Gasteiger partial charge on any atom is -0.508 e. The van der Waals surface area contributed by atoms with Crippen molar-refractivity contribution in [3.63, 3.8) is 0 Å². The largest absolute Gasteiger partial charge is 0.508 e. The first-order chi connectivity index (χ1) is 23.0. The van der Waals surface area contributed by atoms with Crippen LogP contribution in [-0.4, -0.2) is 126 Å². The van der Waals surface area contributed by atoms with E-state index < -0.39 is 110 Å². The molecule has 0 unspecified atom stereocenters. The lowest BCUT2D eigenvalue weighted by Crippen LogP contribution is -2.65. The summed E-state index contributed by atoms with van der Waals surface area (Å²) in [5.41, 5.74) is 0.474. The Kier molecular flexibility index (Phi) is 13.6. The Morgan fingerprint density at radius 2 is 1.29 bits per heavy atom. The van der Waals surface area contributed by atoms with Gasteiger partial charge in [0.1, 0.15) is 50.0 Å². The van der Waals surface area contributed by atoms with Gasteiger partial charge in [0, 0.05) is 40.7 Å². The summed E-state index contributed by atoms with van der Waals surface area (Å²) < 4.78 is 49.2. The first-order valence-electron chi connectivity index (χ1n) is 14.8. The maximum Gasteiger partial charge on any atom is 0.331 e. The molecule has 18 heteroatoms. The van der Waals surface area contributed by atoms with Crippen molar-refractivity contribution in [2.75, 3.05) is 19.8 Å². The Morgan fingerprint density at radius 1 is 0.735 bits per heavy atom. The van der Waals surface area contributed by atoms with Crippen LogP contribution in [0.5, 0.6) is 5.75 Å². The average molecular weight is 699 g/mol. The van der Waals surface area contributed by atoms with Crippen LogP contribution in [0.3, 0.4) is 0 Å². The standard InChI is InChI=1S/C31H38O18/c1-15(32)41-12-22-25(39)27(44-18(4)35)28(45-19(5)36)30(46-22)49-31(14-43-17(3)34)29(26(40)23(48-31)13-42-16(2)33)47-24(38)11-8-20-6-9-21(37)10-7-20/h6-11,22-23,25-30,37,39-40H,12-14H2,1-5H3/b11-8+/t22-,23-,25-,26-,27+,28-,29+,30-,31+/m1/s1. The number of carbonyl (C=O) groups excluding carboxylic acids is 6. The molecule has 0 radical (unpaired) electrons.